The quantitative estimate of drug-likeness (QED) is 0.941. The normalized spacial score (nSPS) is 22.8. The molecule has 2 aliphatic heterocycles. The van der Waals surface area contributed by atoms with Gasteiger partial charge in [0.2, 0.25) is 6.79 Å². The summed E-state index contributed by atoms with van der Waals surface area (Å²) in [5, 5.41) is 3.49. The number of benzene rings is 2. The first-order valence-electron chi connectivity index (χ1n) is 8.18. The van der Waals surface area contributed by atoms with Crippen LogP contribution >= 0.6 is 0 Å². The maximum Gasteiger partial charge on any atom is 0.231 e. The van der Waals surface area contributed by atoms with E-state index in [1.54, 1.807) is 0 Å². The van der Waals surface area contributed by atoms with E-state index in [9.17, 15) is 0 Å². The van der Waals surface area contributed by atoms with Crippen LogP contribution in [0, 0.1) is 5.92 Å². The number of ether oxygens (including phenoxy) is 3. The maximum absolute atomic E-state index is 6.05. The van der Waals surface area contributed by atoms with Crippen molar-refractivity contribution in [2.45, 2.75) is 12.3 Å². The molecule has 1 saturated heterocycles. The molecular weight excluding hydrogens is 290 g/mol. The van der Waals surface area contributed by atoms with Gasteiger partial charge in [-0.05, 0) is 36.6 Å². The zero-order chi connectivity index (χ0) is 15.5. The highest BCUT2D eigenvalue weighted by Crippen LogP contribution is 2.36. The maximum atomic E-state index is 6.05. The van der Waals surface area contributed by atoms with Gasteiger partial charge < -0.3 is 19.5 Å². The first-order chi connectivity index (χ1) is 11.4. The summed E-state index contributed by atoms with van der Waals surface area (Å²) in [4.78, 5) is 0. The van der Waals surface area contributed by atoms with E-state index in [0.29, 0.717) is 25.2 Å². The van der Waals surface area contributed by atoms with Crippen LogP contribution in [-0.4, -0.2) is 26.5 Å². The van der Waals surface area contributed by atoms with E-state index >= 15 is 0 Å². The van der Waals surface area contributed by atoms with Crippen molar-refractivity contribution in [3.8, 4) is 17.2 Å². The average molecular weight is 311 g/mol. The van der Waals surface area contributed by atoms with Crippen molar-refractivity contribution < 1.29 is 14.2 Å². The van der Waals surface area contributed by atoms with E-state index in [2.05, 4.69) is 35.6 Å². The molecule has 4 rings (SSSR count). The second kappa shape index (κ2) is 6.50. The minimum atomic E-state index is 0.293. The molecule has 1 N–H and O–H groups in total. The lowest BCUT2D eigenvalue weighted by Gasteiger charge is -2.32. The van der Waals surface area contributed by atoms with Gasteiger partial charge in [-0.2, -0.15) is 0 Å². The Bertz CT molecular complexity index is 659. The molecule has 2 unspecified atom stereocenters. The number of piperidine rings is 1. The number of rotatable bonds is 4. The molecule has 0 amide bonds. The molecule has 2 aromatic rings. The summed E-state index contributed by atoms with van der Waals surface area (Å²) in [7, 11) is 0. The average Bonchev–Trinajstić information content (AvgIpc) is 3.09. The van der Waals surface area contributed by atoms with Crippen LogP contribution in [0.1, 0.15) is 17.9 Å². The zero-order valence-corrected chi connectivity index (χ0v) is 13.0. The third kappa shape index (κ3) is 3.13. The third-order valence-corrected chi connectivity index (χ3v) is 4.64. The molecule has 2 aliphatic rings. The molecule has 0 bridgehead atoms. The fraction of sp³-hybridized carbons (Fsp3) is 0.368. The predicted octanol–water partition coefficient (Wildman–Crippen LogP) is 3.19. The summed E-state index contributed by atoms with van der Waals surface area (Å²) < 4.78 is 16.8. The van der Waals surface area contributed by atoms with Gasteiger partial charge in [0.1, 0.15) is 5.75 Å². The standard InChI is InChI=1S/C19H21NO3/c1-2-4-14(5-3-1)17-8-9-20-11-15(17)12-21-16-6-7-18-19(10-16)23-13-22-18/h1-7,10,15,17,20H,8-9,11-13H2. The van der Waals surface area contributed by atoms with Gasteiger partial charge in [-0.3, -0.25) is 0 Å². The van der Waals surface area contributed by atoms with Gasteiger partial charge in [0.25, 0.3) is 0 Å². The second-order valence-electron chi connectivity index (χ2n) is 6.10. The Kier molecular flexibility index (Phi) is 4.07. The highest BCUT2D eigenvalue weighted by atomic mass is 16.7. The van der Waals surface area contributed by atoms with Crippen LogP contribution in [0.4, 0.5) is 0 Å². The van der Waals surface area contributed by atoms with Gasteiger partial charge in [-0.25, -0.2) is 0 Å². The van der Waals surface area contributed by atoms with Crippen LogP contribution in [0.5, 0.6) is 17.2 Å². The molecule has 0 radical (unpaired) electrons. The first-order valence-corrected chi connectivity index (χ1v) is 8.18. The summed E-state index contributed by atoms with van der Waals surface area (Å²) in [6.07, 6.45) is 1.15. The smallest absolute Gasteiger partial charge is 0.231 e. The Morgan fingerprint density at radius 2 is 1.91 bits per heavy atom. The lowest BCUT2D eigenvalue weighted by atomic mass is 9.81. The Morgan fingerprint density at radius 1 is 1.04 bits per heavy atom. The molecule has 0 saturated carbocycles. The predicted molar refractivity (Wildman–Crippen MR) is 88.2 cm³/mol. The summed E-state index contributed by atoms with van der Waals surface area (Å²) in [5.74, 6) is 3.41. The molecule has 23 heavy (non-hydrogen) atoms. The molecule has 1 fully saturated rings. The van der Waals surface area contributed by atoms with Gasteiger partial charge >= 0.3 is 0 Å². The van der Waals surface area contributed by atoms with E-state index in [-0.39, 0.29) is 0 Å². The van der Waals surface area contributed by atoms with Crippen molar-refractivity contribution in [2.75, 3.05) is 26.5 Å². The van der Waals surface area contributed by atoms with Gasteiger partial charge in [-0.1, -0.05) is 30.3 Å². The molecule has 0 spiro atoms. The number of nitrogens with one attached hydrogen (secondary N) is 1. The van der Waals surface area contributed by atoms with Crippen LogP contribution in [0.15, 0.2) is 48.5 Å². The summed E-state index contributed by atoms with van der Waals surface area (Å²) in [6, 6.07) is 16.5. The largest absolute Gasteiger partial charge is 0.493 e. The monoisotopic (exact) mass is 311 g/mol. The van der Waals surface area contributed by atoms with Crippen LogP contribution in [-0.2, 0) is 0 Å². The SMILES string of the molecule is c1ccc(C2CCNCC2COc2ccc3c(c2)OCO3)cc1. The molecule has 2 heterocycles. The van der Waals surface area contributed by atoms with E-state index in [1.165, 1.54) is 5.56 Å². The lowest BCUT2D eigenvalue weighted by molar-refractivity contribution is 0.173. The highest BCUT2D eigenvalue weighted by molar-refractivity contribution is 5.46. The van der Waals surface area contributed by atoms with Crippen LogP contribution < -0.4 is 19.5 Å². The topological polar surface area (TPSA) is 39.7 Å². The van der Waals surface area contributed by atoms with Crippen LogP contribution in [0.2, 0.25) is 0 Å². The molecule has 2 aromatic carbocycles. The second-order valence-corrected chi connectivity index (χ2v) is 6.10. The van der Waals surface area contributed by atoms with Crippen molar-refractivity contribution >= 4 is 0 Å². The van der Waals surface area contributed by atoms with Gasteiger partial charge in [0.05, 0.1) is 6.61 Å². The molecule has 120 valence electrons. The molecule has 4 heteroatoms. The van der Waals surface area contributed by atoms with Crippen molar-refractivity contribution in [1.29, 1.82) is 0 Å². The van der Waals surface area contributed by atoms with E-state index < -0.39 is 0 Å². The van der Waals surface area contributed by atoms with Crippen molar-refractivity contribution in [2.24, 2.45) is 5.92 Å². The minimum absolute atomic E-state index is 0.293. The van der Waals surface area contributed by atoms with Gasteiger partial charge in [0, 0.05) is 18.5 Å². The van der Waals surface area contributed by atoms with E-state index in [1.807, 2.05) is 18.2 Å². The van der Waals surface area contributed by atoms with E-state index in [0.717, 1.165) is 36.8 Å². The number of fused-ring (bicyclic) bond motifs is 1. The molecule has 2 atom stereocenters. The minimum Gasteiger partial charge on any atom is -0.493 e. The Hall–Kier alpha value is -2.20. The fourth-order valence-corrected chi connectivity index (χ4v) is 3.41. The van der Waals surface area contributed by atoms with Crippen LogP contribution in [0.25, 0.3) is 0 Å². The molecular formula is C19H21NO3. The number of hydrogen-bond donors (Lipinski definition) is 1. The Balaban J connectivity index is 1.44. The lowest BCUT2D eigenvalue weighted by Crippen LogP contribution is -2.38. The first kappa shape index (κ1) is 14.4. The van der Waals surface area contributed by atoms with Crippen molar-refractivity contribution in [1.82, 2.24) is 5.32 Å². The van der Waals surface area contributed by atoms with Gasteiger partial charge in [-0.15, -0.1) is 0 Å². The van der Waals surface area contributed by atoms with Crippen molar-refractivity contribution in [3.63, 3.8) is 0 Å². The van der Waals surface area contributed by atoms with Crippen LogP contribution in [0.3, 0.4) is 0 Å². The third-order valence-electron chi connectivity index (χ3n) is 4.64. The number of hydrogen-bond acceptors (Lipinski definition) is 4. The molecule has 0 aliphatic carbocycles. The van der Waals surface area contributed by atoms with Crippen molar-refractivity contribution in [3.05, 3.63) is 54.1 Å². The fourth-order valence-electron chi connectivity index (χ4n) is 3.41. The summed E-state index contributed by atoms with van der Waals surface area (Å²) in [6.45, 7) is 3.05. The summed E-state index contributed by atoms with van der Waals surface area (Å²) >= 11 is 0. The molecule has 4 nitrogen and oxygen atoms in total. The zero-order valence-electron chi connectivity index (χ0n) is 13.0. The van der Waals surface area contributed by atoms with Gasteiger partial charge in [0.15, 0.2) is 11.5 Å². The van der Waals surface area contributed by atoms with E-state index in [4.69, 9.17) is 14.2 Å². The molecule has 0 aromatic heterocycles. The summed E-state index contributed by atoms with van der Waals surface area (Å²) in [5.41, 5.74) is 1.41. The Morgan fingerprint density at radius 3 is 2.83 bits per heavy atom. The Labute approximate surface area is 136 Å². The highest BCUT2D eigenvalue weighted by Gasteiger charge is 2.27.